The summed E-state index contributed by atoms with van der Waals surface area (Å²) in [7, 11) is 0. The van der Waals surface area contributed by atoms with Gasteiger partial charge in [-0.05, 0) is 36.8 Å². The Morgan fingerprint density at radius 3 is 3.00 bits per heavy atom. The summed E-state index contributed by atoms with van der Waals surface area (Å²) in [5.41, 5.74) is 2.36. The van der Waals surface area contributed by atoms with E-state index in [1.165, 1.54) is 5.56 Å². The van der Waals surface area contributed by atoms with Gasteiger partial charge in [0.15, 0.2) is 0 Å². The zero-order valence-corrected chi connectivity index (χ0v) is 12.8. The van der Waals surface area contributed by atoms with E-state index in [-0.39, 0.29) is 18.4 Å². The van der Waals surface area contributed by atoms with Gasteiger partial charge in [-0.15, -0.1) is 0 Å². The number of aliphatic hydroxyl groups is 1. The summed E-state index contributed by atoms with van der Waals surface area (Å²) in [4.78, 5) is 12.3. The maximum atomic E-state index is 12.3. The highest BCUT2D eigenvalue weighted by atomic mass is 16.3. The van der Waals surface area contributed by atoms with Gasteiger partial charge in [-0.1, -0.05) is 31.5 Å². The molecule has 0 saturated heterocycles. The Hall–Kier alpha value is -1.55. The number of hydrogen-bond acceptors (Lipinski definition) is 3. The summed E-state index contributed by atoms with van der Waals surface area (Å²) >= 11 is 0. The van der Waals surface area contributed by atoms with Crippen LogP contribution in [0.2, 0.25) is 0 Å². The zero-order chi connectivity index (χ0) is 15.1. The van der Waals surface area contributed by atoms with Gasteiger partial charge >= 0.3 is 0 Å². The average Bonchev–Trinajstić information content (AvgIpc) is 2.52. The molecule has 2 rings (SSSR count). The fourth-order valence-electron chi connectivity index (χ4n) is 2.96. The predicted octanol–water partition coefficient (Wildman–Crippen LogP) is 2.19. The molecule has 1 aliphatic rings. The Labute approximate surface area is 126 Å². The molecule has 0 fully saturated rings. The van der Waals surface area contributed by atoms with Crippen LogP contribution in [-0.2, 0) is 11.2 Å². The van der Waals surface area contributed by atoms with Crippen LogP contribution in [0, 0.1) is 11.8 Å². The summed E-state index contributed by atoms with van der Waals surface area (Å²) in [6.07, 6.45) is 3.69. The molecule has 21 heavy (non-hydrogen) atoms. The lowest BCUT2D eigenvalue weighted by molar-refractivity contribution is -0.124. The van der Waals surface area contributed by atoms with Crippen molar-refractivity contribution in [3.05, 3.63) is 29.8 Å². The smallest absolute Gasteiger partial charge is 0.225 e. The topological polar surface area (TPSA) is 61.4 Å². The lowest BCUT2D eigenvalue weighted by atomic mass is 9.93. The SMILES string of the molecule is CCCC(CCO)CNC(=O)C1CNc2ccccc2C1. The first-order valence-electron chi connectivity index (χ1n) is 7.95. The van der Waals surface area contributed by atoms with Crippen molar-refractivity contribution < 1.29 is 9.90 Å². The number of carbonyl (C=O) groups excluding carboxylic acids is 1. The molecule has 0 saturated carbocycles. The Kier molecular flexibility index (Phi) is 6.05. The van der Waals surface area contributed by atoms with E-state index in [9.17, 15) is 4.79 Å². The normalized spacial score (nSPS) is 18.5. The van der Waals surface area contributed by atoms with Gasteiger partial charge in [-0.3, -0.25) is 4.79 Å². The third-order valence-electron chi connectivity index (χ3n) is 4.19. The van der Waals surface area contributed by atoms with Gasteiger partial charge in [-0.2, -0.15) is 0 Å². The molecule has 4 nitrogen and oxygen atoms in total. The van der Waals surface area contributed by atoms with Gasteiger partial charge in [0, 0.05) is 25.4 Å². The molecule has 2 atom stereocenters. The van der Waals surface area contributed by atoms with Crippen molar-refractivity contribution in [3.63, 3.8) is 0 Å². The highest BCUT2D eigenvalue weighted by Crippen LogP contribution is 2.24. The molecule has 1 aromatic rings. The van der Waals surface area contributed by atoms with Gasteiger partial charge in [0.25, 0.3) is 0 Å². The quantitative estimate of drug-likeness (QED) is 0.721. The number of para-hydroxylation sites is 1. The summed E-state index contributed by atoms with van der Waals surface area (Å²) in [6, 6.07) is 8.16. The molecule has 2 unspecified atom stereocenters. The molecule has 0 spiro atoms. The second-order valence-electron chi connectivity index (χ2n) is 5.85. The van der Waals surface area contributed by atoms with Crippen LogP contribution in [0.4, 0.5) is 5.69 Å². The number of rotatable bonds is 7. The monoisotopic (exact) mass is 290 g/mol. The Morgan fingerprint density at radius 1 is 1.43 bits per heavy atom. The molecule has 3 N–H and O–H groups in total. The van der Waals surface area contributed by atoms with Gasteiger partial charge in [-0.25, -0.2) is 0 Å². The Balaban J connectivity index is 1.84. The van der Waals surface area contributed by atoms with Crippen molar-refractivity contribution in [2.24, 2.45) is 11.8 Å². The molecular weight excluding hydrogens is 264 g/mol. The van der Waals surface area contributed by atoms with E-state index in [1.54, 1.807) is 0 Å². The second-order valence-corrected chi connectivity index (χ2v) is 5.85. The molecular formula is C17H26N2O2. The first-order valence-corrected chi connectivity index (χ1v) is 7.95. The maximum absolute atomic E-state index is 12.3. The first-order chi connectivity index (χ1) is 10.2. The van der Waals surface area contributed by atoms with Crippen LogP contribution in [0.1, 0.15) is 31.7 Å². The lowest BCUT2D eigenvalue weighted by Crippen LogP contribution is -2.40. The minimum Gasteiger partial charge on any atom is -0.396 e. The third-order valence-corrected chi connectivity index (χ3v) is 4.19. The molecule has 0 bridgehead atoms. The third kappa shape index (κ3) is 4.46. The molecule has 1 amide bonds. The minimum absolute atomic E-state index is 0.00342. The van der Waals surface area contributed by atoms with E-state index in [2.05, 4.69) is 29.7 Å². The molecule has 4 heteroatoms. The molecule has 0 aromatic heterocycles. The van der Waals surface area contributed by atoms with E-state index >= 15 is 0 Å². The number of fused-ring (bicyclic) bond motifs is 1. The van der Waals surface area contributed by atoms with Crippen molar-refractivity contribution in [2.75, 3.05) is 25.0 Å². The van der Waals surface area contributed by atoms with Gasteiger partial charge < -0.3 is 15.7 Å². The number of aliphatic hydroxyl groups excluding tert-OH is 1. The fraction of sp³-hybridized carbons (Fsp3) is 0.588. The number of hydrogen-bond donors (Lipinski definition) is 3. The van der Waals surface area contributed by atoms with E-state index in [1.807, 2.05) is 12.1 Å². The summed E-state index contributed by atoms with van der Waals surface area (Å²) < 4.78 is 0. The predicted molar refractivity (Wildman–Crippen MR) is 85.2 cm³/mol. The summed E-state index contributed by atoms with van der Waals surface area (Å²) in [6.45, 7) is 3.69. The van der Waals surface area contributed by atoms with Crippen LogP contribution >= 0.6 is 0 Å². The molecule has 0 aliphatic carbocycles. The second kappa shape index (κ2) is 8.03. The number of carbonyl (C=O) groups is 1. The summed E-state index contributed by atoms with van der Waals surface area (Å²) in [5.74, 6) is 0.500. The lowest BCUT2D eigenvalue weighted by Gasteiger charge is -2.26. The largest absolute Gasteiger partial charge is 0.396 e. The van der Waals surface area contributed by atoms with Crippen molar-refractivity contribution >= 4 is 11.6 Å². The average molecular weight is 290 g/mol. The van der Waals surface area contributed by atoms with Gasteiger partial charge in [0.2, 0.25) is 5.91 Å². The molecule has 1 aromatic carbocycles. The molecule has 1 heterocycles. The van der Waals surface area contributed by atoms with Gasteiger partial charge in [0.05, 0.1) is 5.92 Å². The minimum atomic E-state index is -0.00342. The van der Waals surface area contributed by atoms with Crippen molar-refractivity contribution in [1.29, 1.82) is 0 Å². The van der Waals surface area contributed by atoms with Crippen molar-refractivity contribution in [1.82, 2.24) is 5.32 Å². The first kappa shape index (κ1) is 15.8. The van der Waals surface area contributed by atoms with Crippen LogP contribution in [0.25, 0.3) is 0 Å². The molecule has 116 valence electrons. The van der Waals surface area contributed by atoms with Gasteiger partial charge in [0.1, 0.15) is 0 Å². The Morgan fingerprint density at radius 2 is 2.24 bits per heavy atom. The van der Waals surface area contributed by atoms with Crippen LogP contribution < -0.4 is 10.6 Å². The van der Waals surface area contributed by atoms with E-state index < -0.39 is 0 Å². The van der Waals surface area contributed by atoms with Crippen molar-refractivity contribution in [3.8, 4) is 0 Å². The fourth-order valence-corrected chi connectivity index (χ4v) is 2.96. The van der Waals surface area contributed by atoms with E-state index in [0.29, 0.717) is 19.0 Å². The van der Waals surface area contributed by atoms with Crippen LogP contribution in [0.3, 0.4) is 0 Å². The summed E-state index contributed by atoms with van der Waals surface area (Å²) in [5, 5.41) is 15.5. The number of nitrogens with one attached hydrogen (secondary N) is 2. The van der Waals surface area contributed by atoms with E-state index in [0.717, 1.165) is 31.4 Å². The highest BCUT2D eigenvalue weighted by molar-refractivity contribution is 5.80. The Bertz CT molecular complexity index is 456. The zero-order valence-electron chi connectivity index (χ0n) is 12.8. The highest BCUT2D eigenvalue weighted by Gasteiger charge is 2.24. The maximum Gasteiger partial charge on any atom is 0.225 e. The van der Waals surface area contributed by atoms with Crippen molar-refractivity contribution in [2.45, 2.75) is 32.6 Å². The van der Waals surface area contributed by atoms with E-state index in [4.69, 9.17) is 5.11 Å². The van der Waals surface area contributed by atoms with Crippen LogP contribution in [0.5, 0.6) is 0 Å². The number of benzene rings is 1. The van der Waals surface area contributed by atoms with Crippen LogP contribution in [0.15, 0.2) is 24.3 Å². The molecule has 1 aliphatic heterocycles. The number of anilines is 1. The standard InChI is InChI=1S/C17H26N2O2/c1-2-5-13(8-9-20)11-19-17(21)15-10-14-6-3-4-7-16(14)18-12-15/h3-4,6-7,13,15,18,20H,2,5,8-12H2,1H3,(H,19,21). The van der Waals surface area contributed by atoms with Crippen LogP contribution in [-0.4, -0.2) is 30.7 Å². The number of amides is 1. The molecule has 0 radical (unpaired) electrons.